The van der Waals surface area contributed by atoms with Gasteiger partial charge in [0.25, 0.3) is 10.1 Å². The highest BCUT2D eigenvalue weighted by Crippen LogP contribution is 2.43. The summed E-state index contributed by atoms with van der Waals surface area (Å²) in [5.74, 6) is -0.587. The third-order valence-electron chi connectivity index (χ3n) is 6.04. The van der Waals surface area contributed by atoms with E-state index in [1.807, 2.05) is 46.8 Å². The molecular formula is C26H30O5S. The summed E-state index contributed by atoms with van der Waals surface area (Å²) in [5.41, 5.74) is 3.51. The molecule has 0 aromatic heterocycles. The predicted octanol–water partition coefficient (Wildman–Crippen LogP) is 5.54. The number of allylic oxidation sites excluding steroid dienone is 4. The molecule has 1 aliphatic carbocycles. The highest BCUT2D eigenvalue weighted by atomic mass is 32.2. The summed E-state index contributed by atoms with van der Waals surface area (Å²) < 4.78 is 34.4. The zero-order valence-electron chi connectivity index (χ0n) is 19.0. The molecule has 6 heteroatoms. The van der Waals surface area contributed by atoms with Crippen LogP contribution in [0.3, 0.4) is 0 Å². The number of phenolic OH excluding ortho intramolecular Hbond substituents is 1. The van der Waals surface area contributed by atoms with Crippen molar-refractivity contribution in [2.24, 2.45) is 11.8 Å². The van der Waals surface area contributed by atoms with E-state index in [9.17, 15) is 22.9 Å². The number of benzene rings is 2. The first-order valence-electron chi connectivity index (χ1n) is 10.8. The van der Waals surface area contributed by atoms with Crippen LogP contribution in [0.15, 0.2) is 65.1 Å². The highest BCUT2D eigenvalue weighted by Gasteiger charge is 2.32. The molecule has 170 valence electrons. The molecule has 1 aliphatic rings. The Bertz CT molecular complexity index is 1200. The van der Waals surface area contributed by atoms with Gasteiger partial charge in [-0.1, -0.05) is 64.1 Å². The van der Waals surface area contributed by atoms with Crippen LogP contribution in [0.5, 0.6) is 5.75 Å². The van der Waals surface area contributed by atoms with Crippen molar-refractivity contribution in [1.82, 2.24) is 0 Å². The lowest BCUT2D eigenvalue weighted by Gasteiger charge is -2.30. The predicted molar refractivity (Wildman–Crippen MR) is 126 cm³/mol. The maximum absolute atomic E-state index is 12.4. The Morgan fingerprint density at radius 3 is 2.19 bits per heavy atom. The van der Waals surface area contributed by atoms with Gasteiger partial charge in [-0.3, -0.25) is 9.35 Å². The van der Waals surface area contributed by atoms with Gasteiger partial charge in [0.1, 0.15) is 5.75 Å². The number of ketones is 1. The number of hydrogen-bond donors (Lipinski definition) is 2. The monoisotopic (exact) mass is 454 g/mol. The maximum Gasteiger partial charge on any atom is 0.294 e. The summed E-state index contributed by atoms with van der Waals surface area (Å²) in [7, 11) is -4.47. The second-order valence-corrected chi connectivity index (χ2v) is 10.4. The van der Waals surface area contributed by atoms with Gasteiger partial charge in [-0.2, -0.15) is 8.42 Å². The Balaban J connectivity index is 2.35. The molecule has 32 heavy (non-hydrogen) atoms. The second kappa shape index (κ2) is 9.04. The SMILES string of the molecule is Cc1cc(O)c(C(C)C)cc1[C@H](c1ccccc1S(=O)(=O)O)[C@H]1C=CC(=O)C(C(C)C)=C1. The van der Waals surface area contributed by atoms with Gasteiger partial charge in [0.05, 0.1) is 4.90 Å². The number of carbonyl (C=O) groups is 1. The van der Waals surface area contributed by atoms with Gasteiger partial charge in [-0.05, 0) is 64.8 Å². The van der Waals surface area contributed by atoms with Gasteiger partial charge in [-0.15, -0.1) is 0 Å². The molecule has 2 aromatic carbocycles. The molecule has 0 saturated carbocycles. The number of aromatic hydroxyl groups is 1. The molecule has 0 bridgehead atoms. The van der Waals surface area contributed by atoms with E-state index in [2.05, 4.69) is 0 Å². The Kier molecular flexibility index (Phi) is 6.77. The van der Waals surface area contributed by atoms with Crippen molar-refractivity contribution in [2.45, 2.75) is 51.3 Å². The smallest absolute Gasteiger partial charge is 0.294 e. The molecule has 0 amide bonds. The van der Waals surface area contributed by atoms with Crippen molar-refractivity contribution >= 4 is 15.9 Å². The molecule has 0 saturated heterocycles. The number of rotatable bonds is 6. The van der Waals surface area contributed by atoms with Crippen molar-refractivity contribution in [2.75, 3.05) is 0 Å². The van der Waals surface area contributed by atoms with Gasteiger partial charge in [0, 0.05) is 11.8 Å². The summed E-state index contributed by atoms with van der Waals surface area (Å²) in [5, 5.41) is 10.5. The first-order valence-corrected chi connectivity index (χ1v) is 12.2. The molecule has 2 N–H and O–H groups in total. The van der Waals surface area contributed by atoms with E-state index < -0.39 is 16.0 Å². The molecular weight excluding hydrogens is 424 g/mol. The quantitative estimate of drug-likeness (QED) is 0.559. The maximum atomic E-state index is 12.4. The largest absolute Gasteiger partial charge is 0.508 e. The lowest BCUT2D eigenvalue weighted by atomic mass is 9.74. The van der Waals surface area contributed by atoms with Crippen LogP contribution in [0.2, 0.25) is 0 Å². The minimum Gasteiger partial charge on any atom is -0.508 e. The van der Waals surface area contributed by atoms with Crippen LogP contribution >= 0.6 is 0 Å². The Morgan fingerprint density at radius 2 is 1.59 bits per heavy atom. The molecule has 2 aromatic rings. The molecule has 5 nitrogen and oxygen atoms in total. The third-order valence-corrected chi connectivity index (χ3v) is 6.97. The summed E-state index contributed by atoms with van der Waals surface area (Å²) >= 11 is 0. The Labute approximate surface area is 190 Å². The van der Waals surface area contributed by atoms with Crippen LogP contribution in [0.25, 0.3) is 0 Å². The van der Waals surface area contributed by atoms with E-state index in [1.165, 1.54) is 6.07 Å². The van der Waals surface area contributed by atoms with Crippen molar-refractivity contribution in [3.05, 3.63) is 82.5 Å². The fourth-order valence-electron chi connectivity index (χ4n) is 4.40. The van der Waals surface area contributed by atoms with Crippen LogP contribution in [-0.4, -0.2) is 23.9 Å². The van der Waals surface area contributed by atoms with E-state index in [0.29, 0.717) is 11.1 Å². The summed E-state index contributed by atoms with van der Waals surface area (Å²) in [6.45, 7) is 9.72. The van der Waals surface area contributed by atoms with Gasteiger partial charge in [0.15, 0.2) is 5.78 Å². The first kappa shape index (κ1) is 24.0. The fraction of sp³-hybridized carbons (Fsp3) is 0.346. The Morgan fingerprint density at radius 1 is 0.938 bits per heavy atom. The number of carbonyl (C=O) groups excluding carboxylic acids is 1. The summed E-state index contributed by atoms with van der Waals surface area (Å²) in [4.78, 5) is 12.3. The minimum absolute atomic E-state index is 0.0135. The lowest BCUT2D eigenvalue weighted by molar-refractivity contribution is -0.111. The fourth-order valence-corrected chi connectivity index (χ4v) is 5.15. The first-order chi connectivity index (χ1) is 14.9. The van der Waals surface area contributed by atoms with Gasteiger partial charge < -0.3 is 5.11 Å². The standard InChI is InChI=1S/C26H30O5S/c1-15(2)20-13-18(10-11-23(20)27)26(19-8-6-7-9-25(19)32(29,30)31)22-14-21(16(3)4)24(28)12-17(22)5/h6-16,18,26,28H,1-5H3,(H,29,30,31)/t18-,26-/m0/s1. The molecule has 0 aliphatic heterocycles. The summed E-state index contributed by atoms with van der Waals surface area (Å²) in [6.07, 6.45) is 5.24. The molecule has 0 heterocycles. The Hall–Kier alpha value is -2.70. The van der Waals surface area contributed by atoms with Gasteiger partial charge in [0.2, 0.25) is 0 Å². The molecule has 0 spiro atoms. The molecule has 2 atom stereocenters. The molecule has 0 radical (unpaired) electrons. The van der Waals surface area contributed by atoms with E-state index in [1.54, 1.807) is 36.4 Å². The van der Waals surface area contributed by atoms with Crippen LogP contribution in [0.1, 0.15) is 61.8 Å². The van der Waals surface area contributed by atoms with E-state index in [4.69, 9.17) is 0 Å². The average molecular weight is 455 g/mol. The summed E-state index contributed by atoms with van der Waals surface area (Å²) in [6, 6.07) is 10.00. The lowest BCUT2D eigenvalue weighted by Crippen LogP contribution is -2.21. The van der Waals surface area contributed by atoms with E-state index in [-0.39, 0.29) is 34.2 Å². The van der Waals surface area contributed by atoms with Crippen LogP contribution in [0.4, 0.5) is 0 Å². The zero-order valence-corrected chi connectivity index (χ0v) is 19.8. The van der Waals surface area contributed by atoms with Gasteiger partial charge >= 0.3 is 0 Å². The van der Waals surface area contributed by atoms with Crippen molar-refractivity contribution < 1.29 is 22.9 Å². The molecule has 3 rings (SSSR count). The highest BCUT2D eigenvalue weighted by molar-refractivity contribution is 7.85. The normalized spacial score (nSPS) is 17.7. The molecule has 0 unspecified atom stereocenters. The van der Waals surface area contributed by atoms with Crippen molar-refractivity contribution in [1.29, 1.82) is 0 Å². The topological polar surface area (TPSA) is 91.7 Å². The van der Waals surface area contributed by atoms with Crippen molar-refractivity contribution in [3.63, 3.8) is 0 Å². The zero-order chi connectivity index (χ0) is 23.8. The number of phenols is 1. The van der Waals surface area contributed by atoms with Crippen LogP contribution in [0, 0.1) is 18.8 Å². The third kappa shape index (κ3) is 4.71. The van der Waals surface area contributed by atoms with Crippen LogP contribution < -0.4 is 0 Å². The number of aryl methyl sites for hydroxylation is 1. The number of hydrogen-bond acceptors (Lipinski definition) is 4. The van der Waals surface area contributed by atoms with Gasteiger partial charge in [-0.25, -0.2) is 0 Å². The second-order valence-electron chi connectivity index (χ2n) is 8.99. The van der Waals surface area contributed by atoms with Crippen LogP contribution in [-0.2, 0) is 14.9 Å². The molecule has 0 fully saturated rings. The van der Waals surface area contributed by atoms with E-state index in [0.717, 1.165) is 16.7 Å². The average Bonchev–Trinajstić information content (AvgIpc) is 2.70. The van der Waals surface area contributed by atoms with Crippen molar-refractivity contribution in [3.8, 4) is 5.75 Å². The van der Waals surface area contributed by atoms with E-state index >= 15 is 0 Å². The minimum atomic E-state index is -4.47.